The Bertz CT molecular complexity index is 567. The number of hydrogen-bond acceptors (Lipinski definition) is 5. The molecule has 1 aromatic heterocycles. The second-order valence-electron chi connectivity index (χ2n) is 5.02. The van der Waals surface area contributed by atoms with E-state index in [1.807, 2.05) is 13.1 Å². The lowest BCUT2D eigenvalue weighted by Crippen LogP contribution is -2.47. The second kappa shape index (κ2) is 6.36. The smallest absolute Gasteiger partial charge is 0.221 e. The summed E-state index contributed by atoms with van der Waals surface area (Å²) in [6, 6.07) is 1.63. The predicted molar refractivity (Wildman–Crippen MR) is 75.0 cm³/mol. The average Bonchev–Trinajstić information content (AvgIpc) is 2.74. The Kier molecular flexibility index (Phi) is 4.77. The lowest BCUT2D eigenvalue weighted by atomic mass is 10.2. The van der Waals surface area contributed by atoms with Gasteiger partial charge in [0.1, 0.15) is 0 Å². The minimum atomic E-state index is -2.99. The molecular weight excluding hydrogens is 280 g/mol. The van der Waals surface area contributed by atoms with Crippen LogP contribution in [-0.2, 0) is 28.1 Å². The van der Waals surface area contributed by atoms with Crippen molar-refractivity contribution in [2.75, 3.05) is 24.6 Å². The fourth-order valence-electron chi connectivity index (χ4n) is 2.27. The quantitative estimate of drug-likeness (QED) is 0.717. The molecule has 1 aliphatic rings. The van der Waals surface area contributed by atoms with Crippen LogP contribution in [0.5, 0.6) is 0 Å². The molecule has 8 heteroatoms. The minimum absolute atomic E-state index is 0.0438. The number of aromatic nitrogens is 2. The van der Waals surface area contributed by atoms with Crippen LogP contribution in [0.15, 0.2) is 12.3 Å². The highest BCUT2D eigenvalue weighted by molar-refractivity contribution is 7.91. The number of carbonyl (C=O) groups is 1. The van der Waals surface area contributed by atoms with Gasteiger partial charge in [-0.1, -0.05) is 0 Å². The van der Waals surface area contributed by atoms with E-state index < -0.39 is 9.84 Å². The van der Waals surface area contributed by atoms with E-state index in [0.717, 1.165) is 5.69 Å². The summed E-state index contributed by atoms with van der Waals surface area (Å²) in [6.45, 7) is 0.952. The van der Waals surface area contributed by atoms with Crippen LogP contribution < -0.4 is 10.6 Å². The Hall–Kier alpha value is -1.41. The molecule has 0 aromatic carbocycles. The van der Waals surface area contributed by atoms with Crippen LogP contribution in [0.4, 0.5) is 0 Å². The van der Waals surface area contributed by atoms with Crippen molar-refractivity contribution in [3.05, 3.63) is 18.0 Å². The molecule has 0 saturated carbocycles. The third-order valence-electron chi connectivity index (χ3n) is 3.36. The van der Waals surface area contributed by atoms with Gasteiger partial charge in [0.05, 0.1) is 11.5 Å². The van der Waals surface area contributed by atoms with Crippen molar-refractivity contribution in [1.82, 2.24) is 20.4 Å². The summed E-state index contributed by atoms with van der Waals surface area (Å²) in [5.41, 5.74) is 1.05. The zero-order chi connectivity index (χ0) is 14.6. The van der Waals surface area contributed by atoms with E-state index in [1.165, 1.54) is 0 Å². The Morgan fingerprint density at radius 1 is 1.60 bits per heavy atom. The highest BCUT2D eigenvalue weighted by Crippen LogP contribution is 2.05. The van der Waals surface area contributed by atoms with E-state index in [9.17, 15) is 13.2 Å². The molecular formula is C12H20N4O3S. The second-order valence-corrected chi connectivity index (χ2v) is 7.24. The van der Waals surface area contributed by atoms with Crippen molar-refractivity contribution >= 4 is 15.7 Å². The van der Waals surface area contributed by atoms with E-state index in [-0.39, 0.29) is 29.9 Å². The molecule has 0 radical (unpaired) electrons. The van der Waals surface area contributed by atoms with Gasteiger partial charge in [0.25, 0.3) is 0 Å². The summed E-state index contributed by atoms with van der Waals surface area (Å²) in [7, 11) is -1.14. The number of sulfone groups is 1. The van der Waals surface area contributed by atoms with Gasteiger partial charge in [-0.2, -0.15) is 5.10 Å². The number of rotatable bonds is 5. The van der Waals surface area contributed by atoms with Crippen molar-refractivity contribution in [3.8, 4) is 0 Å². The monoisotopic (exact) mass is 300 g/mol. The molecule has 1 fully saturated rings. The molecule has 1 atom stereocenters. The van der Waals surface area contributed by atoms with Crippen LogP contribution in [0.3, 0.4) is 0 Å². The predicted octanol–water partition coefficient (Wildman–Crippen LogP) is -1.14. The molecule has 1 aromatic rings. The first-order valence-corrected chi connectivity index (χ1v) is 8.46. The van der Waals surface area contributed by atoms with Crippen molar-refractivity contribution in [2.45, 2.75) is 18.9 Å². The maximum atomic E-state index is 11.8. The zero-order valence-corrected chi connectivity index (χ0v) is 12.3. The molecule has 0 bridgehead atoms. The van der Waals surface area contributed by atoms with E-state index >= 15 is 0 Å². The molecule has 20 heavy (non-hydrogen) atoms. The zero-order valence-electron chi connectivity index (χ0n) is 11.5. The van der Waals surface area contributed by atoms with Crippen LogP contribution in [-0.4, -0.2) is 54.7 Å². The van der Waals surface area contributed by atoms with Crippen molar-refractivity contribution < 1.29 is 13.2 Å². The fourth-order valence-corrected chi connectivity index (χ4v) is 3.72. The van der Waals surface area contributed by atoms with Crippen molar-refractivity contribution in [3.63, 3.8) is 0 Å². The Labute approximate surface area is 118 Å². The highest BCUT2D eigenvalue weighted by Gasteiger charge is 2.25. The van der Waals surface area contributed by atoms with Gasteiger partial charge in [-0.25, -0.2) is 8.42 Å². The van der Waals surface area contributed by atoms with E-state index in [1.54, 1.807) is 10.9 Å². The molecule has 0 aliphatic carbocycles. The van der Waals surface area contributed by atoms with Gasteiger partial charge in [-0.3, -0.25) is 9.48 Å². The first-order valence-electron chi connectivity index (χ1n) is 6.64. The van der Waals surface area contributed by atoms with E-state index in [2.05, 4.69) is 15.7 Å². The van der Waals surface area contributed by atoms with Gasteiger partial charge in [0.15, 0.2) is 9.84 Å². The topological polar surface area (TPSA) is 93.1 Å². The number of hydrogen-bond donors (Lipinski definition) is 2. The lowest BCUT2D eigenvalue weighted by Gasteiger charge is -2.23. The SMILES string of the molecule is Cn1nccc1CCNC(=O)CC1CS(=O)(=O)CCN1. The molecule has 7 nitrogen and oxygen atoms in total. The van der Waals surface area contributed by atoms with Gasteiger partial charge in [-0.05, 0) is 6.07 Å². The summed E-state index contributed by atoms with van der Waals surface area (Å²) >= 11 is 0. The van der Waals surface area contributed by atoms with Crippen LogP contribution in [0.1, 0.15) is 12.1 Å². The first-order chi connectivity index (χ1) is 9.46. The van der Waals surface area contributed by atoms with Crippen LogP contribution in [0, 0.1) is 0 Å². The third-order valence-corrected chi connectivity index (χ3v) is 5.10. The molecule has 1 aliphatic heterocycles. The van der Waals surface area contributed by atoms with E-state index in [0.29, 0.717) is 19.5 Å². The Morgan fingerprint density at radius 3 is 3.05 bits per heavy atom. The highest BCUT2D eigenvalue weighted by atomic mass is 32.2. The van der Waals surface area contributed by atoms with Crippen LogP contribution in [0.2, 0.25) is 0 Å². The van der Waals surface area contributed by atoms with Gasteiger partial charge in [0, 0.05) is 50.9 Å². The number of amides is 1. The Balaban J connectivity index is 1.72. The van der Waals surface area contributed by atoms with Crippen molar-refractivity contribution in [1.29, 1.82) is 0 Å². The summed E-state index contributed by atoms with van der Waals surface area (Å²) in [5.74, 6) is 0.0788. The number of aryl methyl sites for hydroxylation is 1. The summed E-state index contributed by atoms with van der Waals surface area (Å²) in [4.78, 5) is 11.8. The number of carbonyl (C=O) groups excluding carboxylic acids is 1. The Morgan fingerprint density at radius 2 is 2.40 bits per heavy atom. The molecule has 1 saturated heterocycles. The molecule has 1 amide bonds. The maximum absolute atomic E-state index is 11.8. The van der Waals surface area contributed by atoms with Gasteiger partial charge in [0.2, 0.25) is 5.91 Å². The molecule has 1 unspecified atom stereocenters. The maximum Gasteiger partial charge on any atom is 0.221 e. The van der Waals surface area contributed by atoms with Gasteiger partial charge < -0.3 is 10.6 Å². The minimum Gasteiger partial charge on any atom is -0.356 e. The first kappa shape index (κ1) is 15.0. The molecule has 2 heterocycles. The molecule has 2 rings (SSSR count). The molecule has 2 N–H and O–H groups in total. The summed E-state index contributed by atoms with van der Waals surface area (Å²) in [6.07, 6.45) is 2.62. The van der Waals surface area contributed by atoms with Crippen molar-refractivity contribution in [2.24, 2.45) is 7.05 Å². The number of nitrogens with zero attached hydrogens (tertiary/aromatic N) is 2. The fraction of sp³-hybridized carbons (Fsp3) is 0.667. The van der Waals surface area contributed by atoms with Gasteiger partial charge >= 0.3 is 0 Å². The van der Waals surface area contributed by atoms with Crippen LogP contribution in [0.25, 0.3) is 0 Å². The van der Waals surface area contributed by atoms with E-state index in [4.69, 9.17) is 0 Å². The number of nitrogens with one attached hydrogen (secondary N) is 2. The standard InChI is InChI=1S/C12H20N4O3S/c1-16-11(3-5-15-16)2-4-14-12(17)8-10-9-20(18,19)7-6-13-10/h3,5,10,13H,2,4,6-9H2,1H3,(H,14,17). The summed E-state index contributed by atoms with van der Waals surface area (Å²) in [5, 5.41) is 9.92. The average molecular weight is 300 g/mol. The molecule has 112 valence electrons. The normalized spacial score (nSPS) is 21.6. The largest absolute Gasteiger partial charge is 0.356 e. The molecule has 0 spiro atoms. The lowest BCUT2D eigenvalue weighted by molar-refractivity contribution is -0.121. The third kappa shape index (κ3) is 4.31. The van der Waals surface area contributed by atoms with Crippen LogP contribution >= 0.6 is 0 Å². The van der Waals surface area contributed by atoms with Gasteiger partial charge in [-0.15, -0.1) is 0 Å². The summed E-state index contributed by atoms with van der Waals surface area (Å²) < 4.78 is 24.7.